The summed E-state index contributed by atoms with van der Waals surface area (Å²) in [5.41, 5.74) is 5.69. The van der Waals surface area contributed by atoms with Crippen LogP contribution in [0.25, 0.3) is 11.3 Å². The van der Waals surface area contributed by atoms with Crippen LogP contribution in [-0.2, 0) is 22.6 Å². The van der Waals surface area contributed by atoms with Gasteiger partial charge in [0.2, 0.25) is 11.8 Å². The maximum absolute atomic E-state index is 12.7. The van der Waals surface area contributed by atoms with Gasteiger partial charge < -0.3 is 14.8 Å². The standard InChI is InChI=1S/C25H28N4O2S/c1-16-12-21(17(2)28(16)11-10-18-6-4-3-5-7-18)22-15-32-25(26-22)27-24(31)19-13-23(30)29(14-19)20-8-9-20/h3-7,12,15,19-20H,8-11,13-14H2,1-2H3,(H,26,27,31)/t19-/m1/s1. The molecule has 6 nitrogen and oxygen atoms in total. The number of thiazole rings is 1. The first-order valence-corrected chi connectivity index (χ1v) is 12.1. The van der Waals surface area contributed by atoms with Crippen LogP contribution in [0.5, 0.6) is 0 Å². The fourth-order valence-corrected chi connectivity index (χ4v) is 5.31. The van der Waals surface area contributed by atoms with E-state index in [-0.39, 0.29) is 17.7 Å². The summed E-state index contributed by atoms with van der Waals surface area (Å²) in [6.07, 6.45) is 3.43. The number of rotatable bonds is 7. The summed E-state index contributed by atoms with van der Waals surface area (Å²) in [6.45, 7) is 5.71. The van der Waals surface area contributed by atoms with Crippen molar-refractivity contribution in [3.63, 3.8) is 0 Å². The maximum Gasteiger partial charge on any atom is 0.231 e. The first-order valence-electron chi connectivity index (χ1n) is 11.3. The predicted molar refractivity (Wildman–Crippen MR) is 127 cm³/mol. The fourth-order valence-electron chi connectivity index (χ4n) is 4.60. The van der Waals surface area contributed by atoms with Crippen molar-refractivity contribution in [2.45, 2.75) is 52.1 Å². The highest BCUT2D eigenvalue weighted by Gasteiger charge is 2.41. The number of hydrogen-bond acceptors (Lipinski definition) is 4. The van der Waals surface area contributed by atoms with Crippen molar-refractivity contribution in [2.24, 2.45) is 5.92 Å². The van der Waals surface area contributed by atoms with Gasteiger partial charge in [-0.25, -0.2) is 4.98 Å². The smallest absolute Gasteiger partial charge is 0.231 e. The molecule has 5 rings (SSSR count). The number of aryl methyl sites for hydroxylation is 2. The van der Waals surface area contributed by atoms with Crippen molar-refractivity contribution in [1.29, 1.82) is 0 Å². The van der Waals surface area contributed by atoms with E-state index < -0.39 is 0 Å². The molecule has 0 bridgehead atoms. The van der Waals surface area contributed by atoms with Crippen molar-refractivity contribution in [3.05, 3.63) is 58.7 Å². The molecule has 0 unspecified atom stereocenters. The second-order valence-electron chi connectivity index (χ2n) is 8.88. The molecule has 0 radical (unpaired) electrons. The molecule has 1 saturated carbocycles. The van der Waals surface area contributed by atoms with Crippen LogP contribution < -0.4 is 5.32 Å². The zero-order chi connectivity index (χ0) is 22.2. The van der Waals surface area contributed by atoms with Gasteiger partial charge in [-0.2, -0.15) is 0 Å². The third kappa shape index (κ3) is 4.21. The Balaban J connectivity index is 1.25. The molecule has 1 aliphatic heterocycles. The Labute approximate surface area is 192 Å². The summed E-state index contributed by atoms with van der Waals surface area (Å²) in [5, 5.41) is 5.53. The third-order valence-corrected chi connectivity index (χ3v) is 7.33. The van der Waals surface area contributed by atoms with Crippen LogP contribution in [0.2, 0.25) is 0 Å². The Bertz CT molecular complexity index is 1150. The van der Waals surface area contributed by atoms with Gasteiger partial charge in [-0.05, 0) is 44.7 Å². The summed E-state index contributed by atoms with van der Waals surface area (Å²) >= 11 is 1.43. The number of hydrogen-bond donors (Lipinski definition) is 1. The molecule has 166 valence electrons. The number of carbonyl (C=O) groups excluding carboxylic acids is 2. The normalized spacial score (nSPS) is 18.4. The van der Waals surface area contributed by atoms with Gasteiger partial charge in [0.15, 0.2) is 5.13 Å². The average Bonchev–Trinajstić information content (AvgIpc) is 3.29. The largest absolute Gasteiger partial charge is 0.348 e. The molecule has 7 heteroatoms. The molecule has 2 aliphatic rings. The molecular formula is C25H28N4O2S. The predicted octanol–water partition coefficient (Wildman–Crippen LogP) is 4.42. The topological polar surface area (TPSA) is 67.2 Å². The van der Waals surface area contributed by atoms with Gasteiger partial charge in [0, 0.05) is 47.9 Å². The van der Waals surface area contributed by atoms with Gasteiger partial charge in [-0.1, -0.05) is 30.3 Å². The molecule has 1 atom stereocenters. The van der Waals surface area contributed by atoms with E-state index in [1.54, 1.807) is 0 Å². The van der Waals surface area contributed by atoms with E-state index >= 15 is 0 Å². The van der Waals surface area contributed by atoms with Crippen LogP contribution in [0.1, 0.15) is 36.2 Å². The summed E-state index contributed by atoms with van der Waals surface area (Å²) in [7, 11) is 0. The summed E-state index contributed by atoms with van der Waals surface area (Å²) in [6, 6.07) is 13.0. The number of aromatic nitrogens is 2. The second kappa shape index (κ2) is 8.54. The summed E-state index contributed by atoms with van der Waals surface area (Å²) < 4.78 is 2.33. The Kier molecular flexibility index (Phi) is 5.59. The molecule has 1 saturated heterocycles. The second-order valence-corrected chi connectivity index (χ2v) is 9.74. The minimum Gasteiger partial charge on any atom is -0.348 e. The first-order chi connectivity index (χ1) is 15.5. The average molecular weight is 449 g/mol. The Morgan fingerprint density at radius 2 is 2.00 bits per heavy atom. The summed E-state index contributed by atoms with van der Waals surface area (Å²) in [5.74, 6) is -0.273. The Morgan fingerprint density at radius 3 is 2.75 bits per heavy atom. The summed E-state index contributed by atoms with van der Waals surface area (Å²) in [4.78, 5) is 31.4. The van der Waals surface area contributed by atoms with Gasteiger partial charge in [0.25, 0.3) is 0 Å². The van der Waals surface area contributed by atoms with Crippen LogP contribution in [0, 0.1) is 19.8 Å². The van der Waals surface area contributed by atoms with Gasteiger partial charge in [0.05, 0.1) is 11.6 Å². The lowest BCUT2D eigenvalue weighted by Gasteiger charge is -2.14. The highest BCUT2D eigenvalue weighted by molar-refractivity contribution is 7.14. The van der Waals surface area contributed by atoms with Crippen LogP contribution in [0.4, 0.5) is 5.13 Å². The molecule has 2 amide bonds. The number of amides is 2. The van der Waals surface area contributed by atoms with E-state index in [9.17, 15) is 9.59 Å². The highest BCUT2D eigenvalue weighted by atomic mass is 32.1. The van der Waals surface area contributed by atoms with Crippen molar-refractivity contribution >= 4 is 28.3 Å². The molecular weight excluding hydrogens is 420 g/mol. The molecule has 2 fully saturated rings. The molecule has 3 heterocycles. The van der Waals surface area contributed by atoms with E-state index in [0.717, 1.165) is 37.1 Å². The lowest BCUT2D eigenvalue weighted by atomic mass is 10.1. The van der Waals surface area contributed by atoms with Crippen LogP contribution in [-0.4, -0.2) is 38.9 Å². The first kappa shape index (κ1) is 20.9. The molecule has 1 aromatic carbocycles. The van der Waals surface area contributed by atoms with Gasteiger partial charge in [0.1, 0.15) is 0 Å². The minimum absolute atomic E-state index is 0.101. The van der Waals surface area contributed by atoms with Gasteiger partial charge in [-0.15, -0.1) is 11.3 Å². The zero-order valence-electron chi connectivity index (χ0n) is 18.5. The monoisotopic (exact) mass is 448 g/mol. The number of nitrogens with one attached hydrogen (secondary N) is 1. The van der Waals surface area contributed by atoms with E-state index in [1.807, 2.05) is 16.3 Å². The fraction of sp³-hybridized carbons (Fsp3) is 0.400. The molecule has 32 heavy (non-hydrogen) atoms. The van der Waals surface area contributed by atoms with Crippen LogP contribution in [0.3, 0.4) is 0 Å². The van der Waals surface area contributed by atoms with Crippen molar-refractivity contribution in [1.82, 2.24) is 14.5 Å². The number of nitrogens with zero attached hydrogens (tertiary/aromatic N) is 3. The van der Waals surface area contributed by atoms with E-state index in [1.165, 1.54) is 28.3 Å². The lowest BCUT2D eigenvalue weighted by molar-refractivity contribution is -0.128. The van der Waals surface area contributed by atoms with Crippen LogP contribution >= 0.6 is 11.3 Å². The third-order valence-electron chi connectivity index (χ3n) is 6.57. The van der Waals surface area contributed by atoms with Crippen LogP contribution in [0.15, 0.2) is 41.8 Å². The zero-order valence-corrected chi connectivity index (χ0v) is 19.3. The van der Waals surface area contributed by atoms with Crippen molar-refractivity contribution < 1.29 is 9.59 Å². The van der Waals surface area contributed by atoms with E-state index in [4.69, 9.17) is 0 Å². The van der Waals surface area contributed by atoms with E-state index in [0.29, 0.717) is 24.1 Å². The quantitative estimate of drug-likeness (QED) is 0.582. The minimum atomic E-state index is -0.279. The number of benzene rings is 1. The number of carbonyl (C=O) groups is 2. The molecule has 0 spiro atoms. The number of anilines is 1. The highest BCUT2D eigenvalue weighted by Crippen LogP contribution is 2.34. The van der Waals surface area contributed by atoms with Gasteiger partial charge >= 0.3 is 0 Å². The SMILES string of the molecule is Cc1cc(-c2csc(NC(=O)[C@@H]3CC(=O)N(C4CC4)C3)n2)c(C)n1CCc1ccccc1. The maximum atomic E-state index is 12.7. The Hall–Kier alpha value is -2.93. The number of likely N-dealkylation sites (tertiary alicyclic amines) is 1. The molecule has 1 aliphatic carbocycles. The molecule has 3 aromatic rings. The van der Waals surface area contributed by atoms with E-state index in [2.05, 4.69) is 59.0 Å². The van der Waals surface area contributed by atoms with Crippen molar-refractivity contribution in [2.75, 3.05) is 11.9 Å². The Morgan fingerprint density at radius 1 is 1.22 bits per heavy atom. The molecule has 2 aromatic heterocycles. The lowest BCUT2D eigenvalue weighted by Crippen LogP contribution is -2.29. The van der Waals surface area contributed by atoms with Crippen molar-refractivity contribution in [3.8, 4) is 11.3 Å². The van der Waals surface area contributed by atoms with Gasteiger partial charge in [-0.3, -0.25) is 9.59 Å². The molecule has 1 N–H and O–H groups in total.